The van der Waals surface area contributed by atoms with Crippen LogP contribution in [-0.2, 0) is 58.7 Å². The van der Waals surface area contributed by atoms with Gasteiger partial charge in [0, 0.05) is 159 Å². The second-order valence-corrected chi connectivity index (χ2v) is 37.0. The van der Waals surface area contributed by atoms with Crippen molar-refractivity contribution < 1.29 is 4.74 Å². The summed E-state index contributed by atoms with van der Waals surface area (Å²) in [6.07, 6.45) is 8.02. The summed E-state index contributed by atoms with van der Waals surface area (Å²) >= 11 is 0. The van der Waals surface area contributed by atoms with Gasteiger partial charge in [-0.05, 0) is 245 Å². The SMILES string of the molecule is C.C.C.CC(C)c1ccc2c(c1)N(C(C)C)CCC2.CC(C)c1ccc2c(c1)N(C(C)C)CCN2C.CC(C)c1ccc2c(c1)N(C(C)C)CCO2.CC(C)c1cccc2c1CN(C(C)C)CC2.CC(C)c1ccn2c1CN(C(C)C)CC2.CC(C)c1ncn2c1CN(C(C)C)CC2.Cc1nc(C(C)C)c2n1CCN(C(C)C)C2. The molecular formula is C100H169N13O. The fraction of sp³-hybridized carbons (Fsp3) is 0.660. The summed E-state index contributed by atoms with van der Waals surface area (Å²) in [5.74, 6) is 6.36. The van der Waals surface area contributed by atoms with Crippen LogP contribution in [-0.4, -0.2) is 152 Å². The molecule has 4 aromatic carbocycles. The molecule has 14 rings (SSSR count). The number of benzene rings is 4. The number of hydrogen-bond donors (Lipinski definition) is 0. The van der Waals surface area contributed by atoms with Crippen molar-refractivity contribution in [2.45, 2.75) is 372 Å². The van der Waals surface area contributed by atoms with Crippen molar-refractivity contribution in [3.8, 4) is 5.75 Å². The summed E-state index contributed by atoms with van der Waals surface area (Å²) in [6, 6.07) is 33.9. The zero-order valence-electron chi connectivity index (χ0n) is 75.9. The summed E-state index contributed by atoms with van der Waals surface area (Å²) in [5, 5.41) is 0. The van der Waals surface area contributed by atoms with E-state index in [9.17, 15) is 0 Å². The van der Waals surface area contributed by atoms with E-state index in [2.05, 4.69) is 351 Å². The van der Waals surface area contributed by atoms with E-state index < -0.39 is 0 Å². The highest BCUT2D eigenvalue weighted by Crippen LogP contribution is 2.39. The Hall–Kier alpha value is -6.58. The molecule has 0 saturated heterocycles. The molecule has 640 valence electrons. The third-order valence-corrected chi connectivity index (χ3v) is 24.3. The Kier molecular flexibility index (Phi) is 38.5. The molecular weight excluding hydrogens is 1400 g/mol. The van der Waals surface area contributed by atoms with E-state index >= 15 is 0 Å². The second-order valence-electron chi connectivity index (χ2n) is 37.0. The highest BCUT2D eigenvalue weighted by molar-refractivity contribution is 5.74. The molecule has 7 aromatic rings. The molecule has 0 fully saturated rings. The maximum Gasteiger partial charge on any atom is 0.142 e. The minimum Gasteiger partial charge on any atom is -0.490 e. The van der Waals surface area contributed by atoms with Gasteiger partial charge in [-0.2, -0.15) is 0 Å². The van der Waals surface area contributed by atoms with Crippen molar-refractivity contribution in [1.29, 1.82) is 0 Å². The Morgan fingerprint density at radius 3 is 1.39 bits per heavy atom. The highest BCUT2D eigenvalue weighted by Gasteiger charge is 2.30. The molecule has 14 heteroatoms. The molecule has 0 spiro atoms. The number of hydrogen-bond acceptors (Lipinski definition) is 11. The molecule has 7 aliphatic heterocycles. The highest BCUT2D eigenvalue weighted by atomic mass is 16.5. The molecule has 0 N–H and O–H groups in total. The number of fused-ring (bicyclic) bond motifs is 7. The number of likely N-dealkylation sites (N-methyl/N-ethyl adjacent to an activating group) is 1. The molecule has 0 aliphatic carbocycles. The van der Waals surface area contributed by atoms with E-state index in [0.717, 1.165) is 90.9 Å². The molecule has 0 amide bonds. The van der Waals surface area contributed by atoms with Crippen LogP contribution in [0.15, 0.2) is 91.4 Å². The van der Waals surface area contributed by atoms with Gasteiger partial charge in [-0.15, -0.1) is 0 Å². The van der Waals surface area contributed by atoms with Gasteiger partial charge in [0.25, 0.3) is 0 Å². The lowest BCUT2D eigenvalue weighted by Gasteiger charge is -2.40. The first kappa shape index (κ1) is 98.0. The topological polar surface area (TPSA) is 75.7 Å². The van der Waals surface area contributed by atoms with Crippen molar-refractivity contribution in [2.24, 2.45) is 0 Å². The van der Waals surface area contributed by atoms with Gasteiger partial charge in [0.15, 0.2) is 0 Å². The lowest BCUT2D eigenvalue weighted by atomic mass is 9.89. The maximum absolute atomic E-state index is 5.70. The Bertz CT molecular complexity index is 3840. The third kappa shape index (κ3) is 25.2. The fourth-order valence-electron chi connectivity index (χ4n) is 16.9. The van der Waals surface area contributed by atoms with Crippen LogP contribution in [0.5, 0.6) is 5.75 Å². The number of aryl methyl sites for hydroxylation is 2. The van der Waals surface area contributed by atoms with Gasteiger partial charge in [-0.3, -0.25) is 19.6 Å². The van der Waals surface area contributed by atoms with Gasteiger partial charge in [-0.25, -0.2) is 9.97 Å². The van der Waals surface area contributed by atoms with Crippen molar-refractivity contribution in [2.75, 3.05) is 85.6 Å². The third-order valence-electron chi connectivity index (χ3n) is 24.3. The monoisotopic (exact) mass is 1570 g/mol. The van der Waals surface area contributed by atoms with Crippen LogP contribution in [0.1, 0.15) is 343 Å². The average molecular weight is 1570 g/mol. The number of ether oxygens (including phenoxy) is 1. The van der Waals surface area contributed by atoms with E-state index in [-0.39, 0.29) is 22.3 Å². The average Bonchev–Trinajstić information content (AvgIpc) is 1.62. The molecule has 0 bridgehead atoms. The van der Waals surface area contributed by atoms with Gasteiger partial charge < -0.3 is 38.0 Å². The van der Waals surface area contributed by atoms with Gasteiger partial charge in [0.2, 0.25) is 0 Å². The molecule has 114 heavy (non-hydrogen) atoms. The largest absolute Gasteiger partial charge is 0.490 e. The predicted molar refractivity (Wildman–Crippen MR) is 499 cm³/mol. The maximum atomic E-state index is 5.70. The Morgan fingerprint density at radius 1 is 0.360 bits per heavy atom. The smallest absolute Gasteiger partial charge is 0.142 e. The van der Waals surface area contributed by atoms with Crippen LogP contribution in [0.2, 0.25) is 0 Å². The predicted octanol–water partition coefficient (Wildman–Crippen LogP) is 24.0. The number of rotatable bonds is 14. The van der Waals surface area contributed by atoms with Crippen LogP contribution >= 0.6 is 0 Å². The summed E-state index contributed by atoms with van der Waals surface area (Å²) in [4.78, 5) is 29.3. The molecule has 3 aromatic heterocycles. The van der Waals surface area contributed by atoms with Crippen molar-refractivity contribution in [3.05, 3.63) is 170 Å². The summed E-state index contributed by atoms with van der Waals surface area (Å²) < 4.78 is 12.8. The number of imidazole rings is 2. The van der Waals surface area contributed by atoms with Crippen LogP contribution in [0.25, 0.3) is 0 Å². The van der Waals surface area contributed by atoms with Gasteiger partial charge in [-0.1, -0.05) is 162 Å². The van der Waals surface area contributed by atoms with Gasteiger partial charge in [0.1, 0.15) is 18.2 Å². The summed E-state index contributed by atoms with van der Waals surface area (Å²) in [7, 11) is 2.19. The first-order chi connectivity index (χ1) is 52.5. The van der Waals surface area contributed by atoms with E-state index in [0.29, 0.717) is 83.7 Å². The van der Waals surface area contributed by atoms with Crippen molar-refractivity contribution >= 4 is 22.7 Å². The zero-order chi connectivity index (χ0) is 81.6. The summed E-state index contributed by atoms with van der Waals surface area (Å²) in [6.45, 7) is 83.2. The lowest BCUT2D eigenvalue weighted by Crippen LogP contribution is -2.42. The number of aromatic nitrogens is 5. The normalized spacial score (nSPS) is 16.1. The Morgan fingerprint density at radius 2 is 0.851 bits per heavy atom. The number of anilines is 4. The van der Waals surface area contributed by atoms with Crippen LogP contribution in [0.3, 0.4) is 0 Å². The Balaban J connectivity index is 0.000000237. The minimum atomic E-state index is 0. The zero-order valence-corrected chi connectivity index (χ0v) is 75.9. The van der Waals surface area contributed by atoms with Gasteiger partial charge in [0.05, 0.1) is 52.7 Å². The van der Waals surface area contributed by atoms with Crippen LogP contribution in [0.4, 0.5) is 22.7 Å². The molecule has 0 atom stereocenters. The molecule has 14 nitrogen and oxygen atoms in total. The molecule has 0 radical (unpaired) electrons. The second kappa shape index (κ2) is 44.8. The first-order valence-electron chi connectivity index (χ1n) is 43.9. The standard InChI is InChI=1S/C15H24N2.2C15H23N.C14H21NO.C13H23N3.C13H22N2.C12H21N3.3CH4/c1-11(2)13-6-7-14-15(10-13)17(12(3)4)9-8-16(14)5;1-11(2)14-8-7-13-6-5-9-16(12(3)4)15(13)10-14;1-11(2)14-7-5-6-13-8-9-16(12(3)4)10-15(13)14;1-10(2)12-5-6-14-13(9-12)15(11(3)4)7-8-16-14;1-9(2)13-12-8-15(10(3)4)6-7-16(12)11(5)14-13;1-10(2)12-5-6-14-7-8-15(11(3)4)9-13(12)14;1-9(2)12-11-7-14(10(3)4)5-6-15(11)8-13-12;;;/h6-7,10-12H,8-9H2,1-5H3;7-8,10-12H,5-6,9H2,1-4H3;5-7,11-12H,8-10H2,1-4H3;5-6,9-11H,7-8H2,1-4H3;9-10H,6-8H2,1-5H3;5-6,10-11H,7-9H2,1-4H3;8-10H,5-7H2,1-4H3;3*1H4. The first-order valence-corrected chi connectivity index (χ1v) is 43.9. The summed E-state index contributed by atoms with van der Waals surface area (Å²) in [5.41, 5.74) is 24.5. The lowest BCUT2D eigenvalue weighted by molar-refractivity contribution is 0.175. The van der Waals surface area contributed by atoms with E-state index in [1.807, 2.05) is 6.33 Å². The van der Waals surface area contributed by atoms with Crippen LogP contribution < -0.4 is 24.3 Å². The van der Waals surface area contributed by atoms with E-state index in [1.54, 1.807) is 16.7 Å². The molecule has 10 heterocycles. The molecule has 0 unspecified atom stereocenters. The molecule has 7 aliphatic rings. The number of nitrogens with zero attached hydrogens (tertiary/aromatic N) is 13. The Labute approximate surface area is 700 Å². The quantitative estimate of drug-likeness (QED) is 0.104. The van der Waals surface area contributed by atoms with Gasteiger partial charge >= 0.3 is 0 Å². The molecule has 0 saturated carbocycles. The van der Waals surface area contributed by atoms with Crippen molar-refractivity contribution in [1.82, 2.24) is 43.3 Å². The van der Waals surface area contributed by atoms with Crippen LogP contribution in [0, 0.1) is 6.92 Å². The minimum absolute atomic E-state index is 0. The van der Waals surface area contributed by atoms with Crippen molar-refractivity contribution in [3.63, 3.8) is 0 Å². The van der Waals surface area contributed by atoms with E-state index in [1.165, 1.54) is 124 Å². The van der Waals surface area contributed by atoms with E-state index in [4.69, 9.17) is 9.72 Å². The fourth-order valence-corrected chi connectivity index (χ4v) is 16.9.